The van der Waals surface area contributed by atoms with Crippen molar-refractivity contribution in [2.45, 2.75) is 51.8 Å². The lowest BCUT2D eigenvalue weighted by Gasteiger charge is -2.28. The summed E-state index contributed by atoms with van der Waals surface area (Å²) in [4.78, 5) is 29.4. The molecule has 1 aliphatic heterocycles. The van der Waals surface area contributed by atoms with Crippen LogP contribution in [0.25, 0.3) is 22.0 Å². The van der Waals surface area contributed by atoms with E-state index >= 15 is 0 Å². The summed E-state index contributed by atoms with van der Waals surface area (Å²) in [5, 5.41) is 14.7. The lowest BCUT2D eigenvalue weighted by molar-refractivity contribution is -0.0498. The first-order valence-corrected chi connectivity index (χ1v) is 13.9. The van der Waals surface area contributed by atoms with Crippen LogP contribution in [0.15, 0.2) is 47.3 Å². The van der Waals surface area contributed by atoms with Gasteiger partial charge in [-0.15, -0.1) is 0 Å². The summed E-state index contributed by atoms with van der Waals surface area (Å²) < 4.78 is 36.6. The van der Waals surface area contributed by atoms with Crippen molar-refractivity contribution in [3.05, 3.63) is 58.4 Å². The van der Waals surface area contributed by atoms with Crippen LogP contribution >= 0.6 is 0 Å². The van der Waals surface area contributed by atoms with Gasteiger partial charge in [0.25, 0.3) is 11.5 Å². The van der Waals surface area contributed by atoms with Gasteiger partial charge in [0.15, 0.2) is 0 Å². The molecule has 5 rings (SSSR count). The van der Waals surface area contributed by atoms with Gasteiger partial charge in [-0.3, -0.25) is 14.5 Å². The summed E-state index contributed by atoms with van der Waals surface area (Å²) in [6.45, 7) is 2.98. The SMILES string of the molecule is CC1CCC(NC(=O)c2c(O)c3cc(-c4ccc(OC(F)F)cc4)ccc3n(CCN3CCOCC3)c2=O)CC1. The van der Waals surface area contributed by atoms with Crippen LogP contribution in [0, 0.1) is 5.92 Å². The number of carbonyl (C=O) groups excluding carboxylic acids is 1. The number of halogens is 2. The monoisotopic (exact) mass is 555 g/mol. The van der Waals surface area contributed by atoms with Gasteiger partial charge in [-0.25, -0.2) is 0 Å². The Morgan fingerprint density at radius 3 is 2.40 bits per heavy atom. The van der Waals surface area contributed by atoms with Gasteiger partial charge in [0.1, 0.15) is 17.1 Å². The summed E-state index contributed by atoms with van der Waals surface area (Å²) in [6.07, 6.45) is 3.68. The molecule has 2 aromatic carbocycles. The van der Waals surface area contributed by atoms with Gasteiger partial charge in [0.05, 0.1) is 18.7 Å². The molecule has 0 atom stereocenters. The van der Waals surface area contributed by atoms with E-state index in [2.05, 4.69) is 21.9 Å². The third-order valence-corrected chi connectivity index (χ3v) is 7.97. The van der Waals surface area contributed by atoms with Crippen molar-refractivity contribution < 1.29 is 28.2 Å². The van der Waals surface area contributed by atoms with Crippen molar-refractivity contribution in [1.82, 2.24) is 14.8 Å². The molecule has 0 unspecified atom stereocenters. The molecule has 1 saturated carbocycles. The molecular formula is C30H35F2N3O5. The number of hydrogen-bond donors (Lipinski definition) is 2. The van der Waals surface area contributed by atoms with E-state index < -0.39 is 18.1 Å². The van der Waals surface area contributed by atoms with Crippen molar-refractivity contribution >= 4 is 16.8 Å². The Hall–Kier alpha value is -3.50. The average molecular weight is 556 g/mol. The summed E-state index contributed by atoms with van der Waals surface area (Å²) in [5.41, 5.74) is 1.13. The molecule has 40 heavy (non-hydrogen) atoms. The highest BCUT2D eigenvalue weighted by molar-refractivity contribution is 6.03. The van der Waals surface area contributed by atoms with Crippen molar-refractivity contribution in [3.8, 4) is 22.6 Å². The zero-order valence-corrected chi connectivity index (χ0v) is 22.6. The van der Waals surface area contributed by atoms with E-state index in [1.165, 1.54) is 12.1 Å². The second kappa shape index (κ2) is 12.3. The number of carbonyl (C=O) groups is 1. The van der Waals surface area contributed by atoms with Gasteiger partial charge < -0.3 is 24.5 Å². The van der Waals surface area contributed by atoms with Gasteiger partial charge >= 0.3 is 6.61 Å². The quantitative estimate of drug-likeness (QED) is 0.422. The second-order valence-corrected chi connectivity index (χ2v) is 10.7. The van der Waals surface area contributed by atoms with Crippen LogP contribution in [0.2, 0.25) is 0 Å². The van der Waals surface area contributed by atoms with E-state index in [0.717, 1.165) is 38.8 Å². The van der Waals surface area contributed by atoms with E-state index in [1.807, 2.05) is 0 Å². The van der Waals surface area contributed by atoms with Gasteiger partial charge in [-0.2, -0.15) is 8.78 Å². The molecule has 1 amide bonds. The predicted octanol–water partition coefficient (Wildman–Crippen LogP) is 4.62. The lowest BCUT2D eigenvalue weighted by atomic mass is 9.87. The number of nitrogens with one attached hydrogen (secondary N) is 1. The highest BCUT2D eigenvalue weighted by atomic mass is 19.3. The Labute approximate surface area is 231 Å². The zero-order valence-electron chi connectivity index (χ0n) is 22.6. The maximum absolute atomic E-state index is 13.7. The summed E-state index contributed by atoms with van der Waals surface area (Å²) >= 11 is 0. The Morgan fingerprint density at radius 1 is 1.05 bits per heavy atom. The lowest BCUT2D eigenvalue weighted by Crippen LogP contribution is -2.42. The highest BCUT2D eigenvalue weighted by Crippen LogP contribution is 2.32. The number of fused-ring (bicyclic) bond motifs is 1. The molecule has 8 nitrogen and oxygen atoms in total. The molecular weight excluding hydrogens is 520 g/mol. The van der Waals surface area contributed by atoms with Crippen LogP contribution in [0.4, 0.5) is 8.78 Å². The molecule has 0 bridgehead atoms. The maximum Gasteiger partial charge on any atom is 0.387 e. The number of hydrogen-bond acceptors (Lipinski definition) is 6. The van der Waals surface area contributed by atoms with Crippen LogP contribution < -0.4 is 15.6 Å². The van der Waals surface area contributed by atoms with Crippen molar-refractivity contribution in [3.63, 3.8) is 0 Å². The van der Waals surface area contributed by atoms with Gasteiger partial charge in [0, 0.05) is 37.6 Å². The van der Waals surface area contributed by atoms with Crippen LogP contribution in [-0.4, -0.2) is 66.0 Å². The molecule has 2 heterocycles. The summed E-state index contributed by atoms with van der Waals surface area (Å²) in [5.74, 6) is -0.281. The fourth-order valence-electron chi connectivity index (χ4n) is 5.60. The van der Waals surface area contributed by atoms with E-state index in [4.69, 9.17) is 4.74 Å². The van der Waals surface area contributed by atoms with Gasteiger partial charge in [-0.1, -0.05) is 25.1 Å². The molecule has 0 radical (unpaired) electrons. The van der Waals surface area contributed by atoms with Crippen molar-refractivity contribution in [2.75, 3.05) is 32.8 Å². The molecule has 1 aromatic heterocycles. The molecule has 214 valence electrons. The second-order valence-electron chi connectivity index (χ2n) is 10.7. The first-order valence-electron chi connectivity index (χ1n) is 13.9. The molecule has 2 aliphatic rings. The topological polar surface area (TPSA) is 93.0 Å². The van der Waals surface area contributed by atoms with Crippen molar-refractivity contribution in [1.29, 1.82) is 0 Å². The molecule has 0 spiro atoms. The third kappa shape index (κ3) is 6.28. The Balaban J connectivity index is 1.52. The fraction of sp³-hybridized carbons (Fsp3) is 0.467. The summed E-state index contributed by atoms with van der Waals surface area (Å²) in [7, 11) is 0. The molecule has 2 fully saturated rings. The van der Waals surface area contributed by atoms with Crippen LogP contribution in [-0.2, 0) is 11.3 Å². The number of alkyl halides is 2. The number of aromatic hydroxyl groups is 1. The molecule has 1 saturated heterocycles. The normalized spacial score (nSPS) is 20.1. The molecule has 1 aliphatic carbocycles. The Morgan fingerprint density at radius 2 is 1.73 bits per heavy atom. The minimum Gasteiger partial charge on any atom is -0.506 e. The smallest absolute Gasteiger partial charge is 0.387 e. The van der Waals surface area contributed by atoms with E-state index in [0.29, 0.717) is 54.3 Å². The first-order chi connectivity index (χ1) is 19.3. The number of nitrogens with zero attached hydrogens (tertiary/aromatic N) is 2. The highest BCUT2D eigenvalue weighted by Gasteiger charge is 2.26. The molecule has 3 aromatic rings. The first kappa shape index (κ1) is 28.0. The zero-order chi connectivity index (χ0) is 28.2. The molecule has 2 N–H and O–H groups in total. The third-order valence-electron chi connectivity index (χ3n) is 7.97. The summed E-state index contributed by atoms with van der Waals surface area (Å²) in [6, 6.07) is 11.4. The van der Waals surface area contributed by atoms with Crippen LogP contribution in [0.1, 0.15) is 43.0 Å². The number of morpholine rings is 1. The predicted molar refractivity (Wildman–Crippen MR) is 148 cm³/mol. The van der Waals surface area contributed by atoms with Gasteiger partial charge in [0.2, 0.25) is 0 Å². The number of benzene rings is 2. The number of pyridine rings is 1. The number of rotatable bonds is 8. The van der Waals surface area contributed by atoms with Crippen LogP contribution in [0.5, 0.6) is 11.5 Å². The van der Waals surface area contributed by atoms with Crippen molar-refractivity contribution in [2.24, 2.45) is 5.92 Å². The Bertz CT molecular complexity index is 1400. The molecule has 10 heteroatoms. The standard InChI is InChI=1S/C30H35F2N3O5/c1-19-2-7-22(8-3-19)33-28(37)26-27(36)24-18-21(20-4-9-23(10-5-20)40-30(31)32)6-11-25(24)35(29(26)38)13-12-34-14-16-39-17-15-34/h4-6,9-11,18-19,22,30,36H,2-3,7-8,12-17H2,1H3,(H,33,37). The largest absolute Gasteiger partial charge is 0.506 e. The van der Waals surface area contributed by atoms with E-state index in [1.54, 1.807) is 34.9 Å². The van der Waals surface area contributed by atoms with E-state index in [-0.39, 0.29) is 23.1 Å². The minimum atomic E-state index is -2.92. The van der Waals surface area contributed by atoms with Gasteiger partial charge in [-0.05, 0) is 67.0 Å². The number of aromatic nitrogens is 1. The Kier molecular flexibility index (Phi) is 8.66. The maximum atomic E-state index is 13.7. The number of amides is 1. The average Bonchev–Trinajstić information content (AvgIpc) is 2.95. The van der Waals surface area contributed by atoms with E-state index in [9.17, 15) is 23.5 Å². The fourth-order valence-corrected chi connectivity index (χ4v) is 5.60. The van der Waals surface area contributed by atoms with Crippen LogP contribution in [0.3, 0.4) is 0 Å². The minimum absolute atomic E-state index is 0.0374. The number of ether oxygens (including phenoxy) is 2.